The number of piperidine rings is 1. The summed E-state index contributed by atoms with van der Waals surface area (Å²) in [6.45, 7) is 4.77. The number of carboxylic acid groups (broad SMARTS) is 2. The van der Waals surface area contributed by atoms with Crippen LogP contribution in [0.4, 0.5) is 0 Å². The van der Waals surface area contributed by atoms with Gasteiger partial charge in [0.25, 0.3) is 5.91 Å². The van der Waals surface area contributed by atoms with Crippen molar-refractivity contribution in [3.63, 3.8) is 0 Å². The molecule has 1 aliphatic rings. The van der Waals surface area contributed by atoms with Gasteiger partial charge in [0.1, 0.15) is 0 Å². The Morgan fingerprint density at radius 2 is 1.55 bits per heavy atom. The molecule has 2 aromatic carbocycles. The van der Waals surface area contributed by atoms with Gasteiger partial charge in [-0.3, -0.25) is 4.79 Å². The number of benzene rings is 2. The molecule has 1 amide bonds. The highest BCUT2D eigenvalue weighted by Crippen LogP contribution is 2.31. The van der Waals surface area contributed by atoms with Crippen LogP contribution in [-0.2, 0) is 0 Å². The number of nitrogens with zero attached hydrogens (tertiary/aromatic N) is 2. The molecule has 0 aliphatic carbocycles. The third-order valence-corrected chi connectivity index (χ3v) is 6.33. The summed E-state index contributed by atoms with van der Waals surface area (Å²) in [4.78, 5) is 38.7. The smallest absolute Gasteiger partial charge is 0.337 e. The fraction of sp³-hybridized carbons (Fsp3) is 0.269. The molecule has 4 rings (SSSR count). The summed E-state index contributed by atoms with van der Waals surface area (Å²) >= 11 is 0. The van der Waals surface area contributed by atoms with Crippen LogP contribution in [0.1, 0.15) is 66.8 Å². The Hall–Kier alpha value is -3.87. The number of likely N-dealkylation sites (tertiary alicyclic amines) is 1. The first-order chi connectivity index (χ1) is 15.8. The topological polar surface area (TPSA) is 99.8 Å². The fourth-order valence-electron chi connectivity index (χ4n) is 4.72. The van der Waals surface area contributed by atoms with E-state index in [0.717, 1.165) is 29.8 Å². The van der Waals surface area contributed by atoms with Gasteiger partial charge in [0, 0.05) is 36.0 Å². The van der Waals surface area contributed by atoms with Gasteiger partial charge in [-0.05, 0) is 68.7 Å². The molecule has 7 heteroatoms. The highest BCUT2D eigenvalue weighted by molar-refractivity contribution is 5.98. The molecule has 1 aliphatic heterocycles. The Kier molecular flexibility index (Phi) is 6.05. The molecule has 33 heavy (non-hydrogen) atoms. The van der Waals surface area contributed by atoms with Crippen molar-refractivity contribution in [2.24, 2.45) is 0 Å². The maximum Gasteiger partial charge on any atom is 0.337 e. The number of carboxylic acids is 2. The Bertz CT molecular complexity index is 1220. The first-order valence-corrected chi connectivity index (χ1v) is 10.9. The van der Waals surface area contributed by atoms with Gasteiger partial charge in [-0.15, -0.1) is 0 Å². The average Bonchev–Trinajstić information content (AvgIpc) is 3.15. The molecule has 0 saturated carbocycles. The Morgan fingerprint density at radius 3 is 2.21 bits per heavy atom. The van der Waals surface area contributed by atoms with E-state index in [9.17, 15) is 24.6 Å². The number of aromatic carboxylic acids is 2. The van der Waals surface area contributed by atoms with Crippen LogP contribution in [0.15, 0.2) is 54.6 Å². The molecule has 0 bridgehead atoms. The summed E-state index contributed by atoms with van der Waals surface area (Å²) in [5.41, 5.74) is 3.76. The van der Waals surface area contributed by atoms with Gasteiger partial charge in [-0.25, -0.2) is 9.59 Å². The lowest BCUT2D eigenvalue weighted by atomic mass is 9.87. The number of hydrogen-bond donors (Lipinski definition) is 2. The van der Waals surface area contributed by atoms with Gasteiger partial charge >= 0.3 is 11.9 Å². The molecule has 1 unspecified atom stereocenters. The summed E-state index contributed by atoms with van der Waals surface area (Å²) < 4.78 is 1.84. The predicted molar refractivity (Wildman–Crippen MR) is 123 cm³/mol. The maximum absolute atomic E-state index is 13.4. The van der Waals surface area contributed by atoms with E-state index in [0.29, 0.717) is 24.3 Å². The van der Waals surface area contributed by atoms with Crippen molar-refractivity contribution in [2.75, 3.05) is 13.1 Å². The average molecular weight is 447 g/mol. The minimum Gasteiger partial charge on any atom is -0.478 e. The van der Waals surface area contributed by atoms with E-state index >= 15 is 0 Å². The van der Waals surface area contributed by atoms with Crippen molar-refractivity contribution in [1.82, 2.24) is 9.47 Å². The van der Waals surface area contributed by atoms with Gasteiger partial charge in [-0.2, -0.15) is 0 Å². The quantitative estimate of drug-likeness (QED) is 0.601. The molecule has 1 aromatic heterocycles. The molecule has 1 fully saturated rings. The van der Waals surface area contributed by atoms with Crippen molar-refractivity contribution in [2.45, 2.75) is 32.6 Å². The summed E-state index contributed by atoms with van der Waals surface area (Å²) in [6.07, 6.45) is 1.57. The summed E-state index contributed by atoms with van der Waals surface area (Å²) in [6, 6.07) is 15.4. The monoisotopic (exact) mass is 446 g/mol. The van der Waals surface area contributed by atoms with E-state index in [4.69, 9.17) is 0 Å². The second-order valence-electron chi connectivity index (χ2n) is 8.47. The number of aromatic nitrogens is 1. The fourth-order valence-corrected chi connectivity index (χ4v) is 4.72. The van der Waals surface area contributed by atoms with E-state index in [1.807, 2.05) is 42.7 Å². The van der Waals surface area contributed by atoms with Crippen LogP contribution in [0.5, 0.6) is 0 Å². The Morgan fingerprint density at radius 1 is 0.879 bits per heavy atom. The lowest BCUT2D eigenvalue weighted by Gasteiger charge is -2.33. The first-order valence-electron chi connectivity index (χ1n) is 10.9. The second-order valence-corrected chi connectivity index (χ2v) is 8.47. The van der Waals surface area contributed by atoms with Gasteiger partial charge in [0.15, 0.2) is 0 Å². The summed E-state index contributed by atoms with van der Waals surface area (Å²) in [5.74, 6) is -2.28. The van der Waals surface area contributed by atoms with Crippen LogP contribution in [0, 0.1) is 13.8 Å². The van der Waals surface area contributed by atoms with Crippen LogP contribution in [0.3, 0.4) is 0 Å². The number of aryl methyl sites for hydroxylation is 2. The van der Waals surface area contributed by atoms with E-state index in [1.54, 1.807) is 29.2 Å². The Labute approximate surface area is 191 Å². The first kappa shape index (κ1) is 22.3. The molecule has 2 N–H and O–H groups in total. The van der Waals surface area contributed by atoms with Gasteiger partial charge in [-0.1, -0.05) is 18.2 Å². The van der Waals surface area contributed by atoms with E-state index < -0.39 is 11.9 Å². The van der Waals surface area contributed by atoms with Crippen LogP contribution >= 0.6 is 0 Å². The summed E-state index contributed by atoms with van der Waals surface area (Å²) in [5, 5.41) is 19.3. The second kappa shape index (κ2) is 8.94. The minimum atomic E-state index is -1.06. The van der Waals surface area contributed by atoms with Gasteiger partial charge in [0.2, 0.25) is 0 Å². The molecule has 3 aromatic rings. The van der Waals surface area contributed by atoms with Gasteiger partial charge < -0.3 is 19.7 Å². The van der Waals surface area contributed by atoms with Crippen LogP contribution < -0.4 is 0 Å². The number of rotatable bonds is 5. The van der Waals surface area contributed by atoms with E-state index in [-0.39, 0.29) is 23.0 Å². The van der Waals surface area contributed by atoms with Crippen LogP contribution in [0.25, 0.3) is 5.69 Å². The maximum atomic E-state index is 13.4. The predicted octanol–water partition coefficient (Wildman–Crippen LogP) is 4.51. The van der Waals surface area contributed by atoms with Crippen molar-refractivity contribution in [3.8, 4) is 5.69 Å². The molecule has 1 saturated heterocycles. The third kappa shape index (κ3) is 4.26. The lowest BCUT2D eigenvalue weighted by Crippen LogP contribution is -2.39. The van der Waals surface area contributed by atoms with Crippen molar-refractivity contribution >= 4 is 17.8 Å². The highest BCUT2D eigenvalue weighted by atomic mass is 16.4. The molecular weight excluding hydrogens is 420 g/mol. The van der Waals surface area contributed by atoms with E-state index in [2.05, 4.69) is 0 Å². The summed E-state index contributed by atoms with van der Waals surface area (Å²) in [7, 11) is 0. The molecule has 0 spiro atoms. The lowest BCUT2D eigenvalue weighted by molar-refractivity contribution is 0.0678. The molecule has 2 heterocycles. The normalized spacial score (nSPS) is 15.9. The molecule has 7 nitrogen and oxygen atoms in total. The van der Waals surface area contributed by atoms with Crippen molar-refractivity contribution in [3.05, 3.63) is 88.2 Å². The SMILES string of the molecule is Cc1ccc(C)n1-c1cc(C(=O)N2CCCC(c3ccccc3C(=O)O)C2)ccc1C(=O)O. The van der Waals surface area contributed by atoms with Crippen LogP contribution in [-0.4, -0.2) is 50.6 Å². The zero-order valence-corrected chi connectivity index (χ0v) is 18.6. The zero-order chi connectivity index (χ0) is 23.7. The number of hydrogen-bond acceptors (Lipinski definition) is 3. The van der Waals surface area contributed by atoms with Gasteiger partial charge in [0.05, 0.1) is 16.8 Å². The zero-order valence-electron chi connectivity index (χ0n) is 18.6. The standard InChI is InChI=1S/C26H26N2O5/c1-16-9-10-17(2)28(16)23-14-18(11-12-22(23)26(32)33)24(29)27-13-5-6-19(15-27)20-7-3-4-8-21(20)25(30)31/h3-4,7-12,14,19H,5-6,13,15H2,1-2H3,(H,30,31)(H,32,33). The number of carbonyl (C=O) groups is 3. The molecule has 1 atom stereocenters. The highest BCUT2D eigenvalue weighted by Gasteiger charge is 2.28. The molecule has 0 radical (unpaired) electrons. The van der Waals surface area contributed by atoms with Crippen molar-refractivity contribution < 1.29 is 24.6 Å². The number of carbonyl (C=O) groups excluding carboxylic acids is 1. The molecule has 170 valence electrons. The minimum absolute atomic E-state index is 0.0679. The number of amides is 1. The van der Waals surface area contributed by atoms with Crippen molar-refractivity contribution in [1.29, 1.82) is 0 Å². The van der Waals surface area contributed by atoms with Crippen LogP contribution in [0.2, 0.25) is 0 Å². The largest absolute Gasteiger partial charge is 0.478 e. The van der Waals surface area contributed by atoms with E-state index in [1.165, 1.54) is 6.07 Å². The molecular formula is C26H26N2O5. The Balaban J connectivity index is 1.67. The third-order valence-electron chi connectivity index (χ3n) is 6.33.